The van der Waals surface area contributed by atoms with Gasteiger partial charge in [0, 0.05) is 20.0 Å². The molecule has 0 aliphatic heterocycles. The van der Waals surface area contributed by atoms with Gasteiger partial charge in [0.1, 0.15) is 0 Å². The molecule has 0 spiro atoms. The van der Waals surface area contributed by atoms with Crippen LogP contribution in [-0.4, -0.2) is 37.0 Å². The van der Waals surface area contributed by atoms with Crippen molar-refractivity contribution in [1.29, 1.82) is 0 Å². The third-order valence-electron chi connectivity index (χ3n) is 1.92. The zero-order valence-corrected chi connectivity index (χ0v) is 8.66. The first kappa shape index (κ1) is 11.9. The van der Waals surface area contributed by atoms with Crippen LogP contribution in [0.2, 0.25) is 0 Å². The number of amides is 1. The van der Waals surface area contributed by atoms with E-state index < -0.39 is 0 Å². The monoisotopic (exact) mass is 187 g/mol. The molecule has 0 aliphatic rings. The molecule has 4 nitrogen and oxygen atoms in total. The smallest absolute Gasteiger partial charge is 0.310 e. The molecule has 0 bridgehead atoms. The summed E-state index contributed by atoms with van der Waals surface area (Å²) in [6.45, 7) is 6.17. The van der Waals surface area contributed by atoms with E-state index in [2.05, 4.69) is 4.74 Å². The van der Waals surface area contributed by atoms with Crippen LogP contribution in [0.15, 0.2) is 0 Å². The van der Waals surface area contributed by atoms with Gasteiger partial charge in [0.15, 0.2) is 0 Å². The first-order valence-corrected chi connectivity index (χ1v) is 4.36. The molecule has 0 heterocycles. The normalized spacial score (nSPS) is 12.0. The molecule has 0 aromatic heterocycles. The summed E-state index contributed by atoms with van der Waals surface area (Å²) in [5, 5.41) is 0. The molecule has 0 aliphatic carbocycles. The van der Waals surface area contributed by atoms with Crippen molar-refractivity contribution < 1.29 is 14.3 Å². The number of esters is 1. The van der Waals surface area contributed by atoms with Crippen LogP contribution < -0.4 is 0 Å². The van der Waals surface area contributed by atoms with E-state index in [9.17, 15) is 9.59 Å². The number of carbonyl (C=O) groups excluding carboxylic acids is 2. The molecular formula is C9H17NO3. The van der Waals surface area contributed by atoms with E-state index in [4.69, 9.17) is 0 Å². The topological polar surface area (TPSA) is 46.6 Å². The van der Waals surface area contributed by atoms with Gasteiger partial charge in [0.2, 0.25) is 5.91 Å². The van der Waals surface area contributed by atoms with E-state index in [-0.39, 0.29) is 17.8 Å². The van der Waals surface area contributed by atoms with Crippen molar-refractivity contribution in [2.24, 2.45) is 5.92 Å². The van der Waals surface area contributed by atoms with Crippen LogP contribution in [0.1, 0.15) is 20.8 Å². The maximum absolute atomic E-state index is 11.0. The van der Waals surface area contributed by atoms with Crippen molar-refractivity contribution in [1.82, 2.24) is 4.90 Å². The summed E-state index contributed by atoms with van der Waals surface area (Å²) in [5.74, 6) is -0.549. The van der Waals surface area contributed by atoms with Gasteiger partial charge >= 0.3 is 5.97 Å². The Bertz CT molecular complexity index is 191. The Morgan fingerprint density at radius 2 is 2.00 bits per heavy atom. The highest BCUT2D eigenvalue weighted by molar-refractivity contribution is 5.75. The van der Waals surface area contributed by atoms with E-state index in [0.717, 1.165) is 0 Å². The summed E-state index contributed by atoms with van der Waals surface area (Å²) >= 11 is 0. The summed E-state index contributed by atoms with van der Waals surface area (Å²) in [6.07, 6.45) is 0. The second kappa shape index (κ2) is 5.56. The molecule has 0 radical (unpaired) electrons. The van der Waals surface area contributed by atoms with Crippen molar-refractivity contribution >= 4 is 11.9 Å². The lowest BCUT2D eigenvalue weighted by Crippen LogP contribution is -2.35. The maximum atomic E-state index is 11.0. The predicted molar refractivity (Wildman–Crippen MR) is 49.1 cm³/mol. The van der Waals surface area contributed by atoms with Crippen LogP contribution in [-0.2, 0) is 14.3 Å². The molecule has 1 unspecified atom stereocenters. The Morgan fingerprint density at radius 3 is 2.31 bits per heavy atom. The molecule has 4 heteroatoms. The van der Waals surface area contributed by atoms with Gasteiger partial charge in [-0.3, -0.25) is 9.59 Å². The van der Waals surface area contributed by atoms with Crippen LogP contribution in [0.5, 0.6) is 0 Å². The Kier molecular flexibility index (Phi) is 5.11. The van der Waals surface area contributed by atoms with E-state index in [0.29, 0.717) is 13.1 Å². The number of ether oxygens (including phenoxy) is 1. The number of carbonyl (C=O) groups is 2. The van der Waals surface area contributed by atoms with Gasteiger partial charge in [-0.25, -0.2) is 0 Å². The molecular weight excluding hydrogens is 170 g/mol. The highest BCUT2D eigenvalue weighted by atomic mass is 16.5. The minimum absolute atomic E-state index is 0.0155. The molecule has 76 valence electrons. The predicted octanol–water partition coefficient (Wildman–Crippen LogP) is 0.664. The Morgan fingerprint density at radius 1 is 1.46 bits per heavy atom. The number of hydrogen-bond acceptors (Lipinski definition) is 3. The zero-order valence-electron chi connectivity index (χ0n) is 8.66. The SMILES string of the molecule is CCN(CC(C)C(=O)OC)C(C)=O. The van der Waals surface area contributed by atoms with Gasteiger partial charge in [-0.2, -0.15) is 0 Å². The van der Waals surface area contributed by atoms with E-state index in [1.54, 1.807) is 11.8 Å². The first-order valence-electron chi connectivity index (χ1n) is 4.36. The fourth-order valence-corrected chi connectivity index (χ4v) is 1.09. The molecule has 1 atom stereocenters. The minimum atomic E-state index is -0.278. The fourth-order valence-electron chi connectivity index (χ4n) is 1.09. The Hall–Kier alpha value is -1.06. The third kappa shape index (κ3) is 3.92. The first-order chi connectivity index (χ1) is 6.02. The molecule has 0 aromatic carbocycles. The Balaban J connectivity index is 4.08. The number of nitrogens with zero attached hydrogens (tertiary/aromatic N) is 1. The summed E-state index contributed by atoms with van der Waals surface area (Å²) in [6, 6.07) is 0. The molecule has 0 aromatic rings. The zero-order chi connectivity index (χ0) is 10.4. The molecule has 0 rings (SSSR count). The van der Waals surface area contributed by atoms with Crippen LogP contribution >= 0.6 is 0 Å². The number of hydrogen-bond donors (Lipinski definition) is 0. The summed E-state index contributed by atoms with van der Waals surface area (Å²) in [5.41, 5.74) is 0. The van der Waals surface area contributed by atoms with Crippen LogP contribution in [0.25, 0.3) is 0 Å². The average molecular weight is 187 g/mol. The minimum Gasteiger partial charge on any atom is -0.469 e. The van der Waals surface area contributed by atoms with Gasteiger partial charge in [0.25, 0.3) is 0 Å². The standard InChI is InChI=1S/C9H17NO3/c1-5-10(8(3)11)6-7(2)9(12)13-4/h7H,5-6H2,1-4H3. The van der Waals surface area contributed by atoms with E-state index >= 15 is 0 Å². The molecule has 0 saturated carbocycles. The lowest BCUT2D eigenvalue weighted by molar-refractivity contribution is -0.146. The van der Waals surface area contributed by atoms with Gasteiger partial charge in [0.05, 0.1) is 13.0 Å². The van der Waals surface area contributed by atoms with E-state index in [1.165, 1.54) is 14.0 Å². The lowest BCUT2D eigenvalue weighted by Gasteiger charge is -2.21. The summed E-state index contributed by atoms with van der Waals surface area (Å²) < 4.78 is 4.56. The number of rotatable bonds is 4. The van der Waals surface area contributed by atoms with Crippen molar-refractivity contribution in [3.05, 3.63) is 0 Å². The van der Waals surface area contributed by atoms with Gasteiger partial charge in [-0.05, 0) is 6.92 Å². The largest absolute Gasteiger partial charge is 0.469 e. The van der Waals surface area contributed by atoms with Gasteiger partial charge in [-0.1, -0.05) is 6.92 Å². The molecule has 0 N–H and O–H groups in total. The second-order valence-electron chi connectivity index (χ2n) is 2.98. The molecule has 13 heavy (non-hydrogen) atoms. The molecule has 1 amide bonds. The quantitative estimate of drug-likeness (QED) is 0.607. The van der Waals surface area contributed by atoms with Crippen LogP contribution in [0.4, 0.5) is 0 Å². The third-order valence-corrected chi connectivity index (χ3v) is 1.92. The number of methoxy groups -OCH3 is 1. The molecule has 0 fully saturated rings. The summed E-state index contributed by atoms with van der Waals surface area (Å²) in [4.78, 5) is 23.6. The van der Waals surface area contributed by atoms with Gasteiger partial charge < -0.3 is 9.64 Å². The van der Waals surface area contributed by atoms with Crippen molar-refractivity contribution in [3.63, 3.8) is 0 Å². The van der Waals surface area contributed by atoms with Gasteiger partial charge in [-0.15, -0.1) is 0 Å². The van der Waals surface area contributed by atoms with Crippen LogP contribution in [0, 0.1) is 5.92 Å². The van der Waals surface area contributed by atoms with Crippen LogP contribution in [0.3, 0.4) is 0 Å². The van der Waals surface area contributed by atoms with E-state index in [1.807, 2.05) is 6.92 Å². The van der Waals surface area contributed by atoms with Crippen molar-refractivity contribution in [2.45, 2.75) is 20.8 Å². The fraction of sp³-hybridized carbons (Fsp3) is 0.778. The molecule has 0 saturated heterocycles. The second-order valence-corrected chi connectivity index (χ2v) is 2.98. The average Bonchev–Trinajstić information content (AvgIpc) is 2.11. The lowest BCUT2D eigenvalue weighted by atomic mass is 10.1. The van der Waals surface area contributed by atoms with Crippen molar-refractivity contribution in [2.75, 3.05) is 20.2 Å². The Labute approximate surface area is 78.9 Å². The maximum Gasteiger partial charge on any atom is 0.310 e. The van der Waals surface area contributed by atoms with Crippen molar-refractivity contribution in [3.8, 4) is 0 Å². The highest BCUT2D eigenvalue weighted by Crippen LogP contribution is 2.02. The highest BCUT2D eigenvalue weighted by Gasteiger charge is 2.17. The summed E-state index contributed by atoms with van der Waals surface area (Å²) in [7, 11) is 1.35.